The molecular formula is C27H38N2O2. The van der Waals surface area contributed by atoms with Gasteiger partial charge in [0.05, 0.1) is 0 Å². The zero-order valence-electron chi connectivity index (χ0n) is 19.0. The SMILES string of the molecule is CCCCCCCCCCCC(=O)NCCN(C(=O)c1ccccc1)c1ccccc1. The van der Waals surface area contributed by atoms with Crippen LogP contribution in [0.25, 0.3) is 0 Å². The summed E-state index contributed by atoms with van der Waals surface area (Å²) in [7, 11) is 0. The number of nitrogens with zero attached hydrogens (tertiary/aromatic N) is 1. The Morgan fingerprint density at radius 2 is 1.29 bits per heavy atom. The Labute approximate surface area is 188 Å². The fraction of sp³-hybridized carbons (Fsp3) is 0.481. The maximum absolute atomic E-state index is 13.0. The fourth-order valence-corrected chi connectivity index (χ4v) is 3.68. The lowest BCUT2D eigenvalue weighted by molar-refractivity contribution is -0.121. The number of rotatable bonds is 15. The van der Waals surface area contributed by atoms with Gasteiger partial charge in [0.2, 0.25) is 5.91 Å². The van der Waals surface area contributed by atoms with Gasteiger partial charge < -0.3 is 10.2 Å². The molecule has 4 heteroatoms. The quantitative estimate of drug-likeness (QED) is 0.339. The van der Waals surface area contributed by atoms with E-state index in [0.29, 0.717) is 25.1 Å². The smallest absolute Gasteiger partial charge is 0.258 e. The molecule has 0 unspecified atom stereocenters. The third kappa shape index (κ3) is 9.82. The molecule has 0 bridgehead atoms. The van der Waals surface area contributed by atoms with Gasteiger partial charge in [-0.15, -0.1) is 0 Å². The summed E-state index contributed by atoms with van der Waals surface area (Å²) < 4.78 is 0. The molecule has 0 radical (unpaired) electrons. The van der Waals surface area contributed by atoms with Crippen LogP contribution in [0, 0.1) is 0 Å². The summed E-state index contributed by atoms with van der Waals surface area (Å²) in [5, 5.41) is 2.98. The van der Waals surface area contributed by atoms with Crippen molar-refractivity contribution in [3.63, 3.8) is 0 Å². The lowest BCUT2D eigenvalue weighted by Crippen LogP contribution is -2.38. The second kappa shape index (κ2) is 15.2. The third-order valence-electron chi connectivity index (χ3n) is 5.50. The molecule has 0 atom stereocenters. The lowest BCUT2D eigenvalue weighted by Gasteiger charge is -2.23. The van der Waals surface area contributed by atoms with Gasteiger partial charge >= 0.3 is 0 Å². The van der Waals surface area contributed by atoms with E-state index >= 15 is 0 Å². The Bertz CT molecular complexity index is 746. The van der Waals surface area contributed by atoms with E-state index in [1.165, 1.54) is 44.9 Å². The van der Waals surface area contributed by atoms with Crippen molar-refractivity contribution >= 4 is 17.5 Å². The molecule has 0 saturated heterocycles. The standard InChI is InChI=1S/C27H38N2O2/c1-2-3-4-5-6-7-8-9-16-21-26(30)28-22-23-29(25-19-14-11-15-20-25)27(31)24-17-12-10-13-18-24/h10-15,17-20H,2-9,16,21-23H2,1H3,(H,28,30). The first-order chi connectivity index (χ1) is 15.2. The summed E-state index contributed by atoms with van der Waals surface area (Å²) in [5.41, 5.74) is 1.48. The average Bonchev–Trinajstić information content (AvgIpc) is 2.81. The van der Waals surface area contributed by atoms with Gasteiger partial charge in [0.1, 0.15) is 0 Å². The predicted octanol–water partition coefficient (Wildman–Crippen LogP) is 6.37. The zero-order valence-corrected chi connectivity index (χ0v) is 19.0. The Balaban J connectivity index is 1.70. The molecule has 2 aromatic rings. The number of carbonyl (C=O) groups excluding carboxylic acids is 2. The van der Waals surface area contributed by atoms with Crippen LogP contribution in [-0.2, 0) is 4.79 Å². The van der Waals surface area contributed by atoms with Gasteiger partial charge in [-0.05, 0) is 30.7 Å². The van der Waals surface area contributed by atoms with Gasteiger partial charge in [-0.25, -0.2) is 0 Å². The first kappa shape index (κ1) is 24.6. The van der Waals surface area contributed by atoms with E-state index in [0.717, 1.165) is 18.5 Å². The Hall–Kier alpha value is -2.62. The van der Waals surface area contributed by atoms with Gasteiger partial charge in [0.25, 0.3) is 5.91 Å². The monoisotopic (exact) mass is 422 g/mol. The Morgan fingerprint density at radius 1 is 0.742 bits per heavy atom. The normalized spacial score (nSPS) is 10.6. The molecular weight excluding hydrogens is 384 g/mol. The van der Waals surface area contributed by atoms with Crippen LogP contribution < -0.4 is 10.2 Å². The van der Waals surface area contributed by atoms with Crippen molar-refractivity contribution in [2.75, 3.05) is 18.0 Å². The molecule has 2 rings (SSSR count). The maximum atomic E-state index is 13.0. The van der Waals surface area contributed by atoms with Crippen LogP contribution in [0.5, 0.6) is 0 Å². The highest BCUT2D eigenvalue weighted by molar-refractivity contribution is 6.06. The number of amides is 2. The number of nitrogens with one attached hydrogen (secondary N) is 1. The first-order valence-electron chi connectivity index (χ1n) is 11.9. The first-order valence-corrected chi connectivity index (χ1v) is 11.9. The number of hydrogen-bond donors (Lipinski definition) is 1. The predicted molar refractivity (Wildman–Crippen MR) is 129 cm³/mol. The van der Waals surface area contributed by atoms with Crippen molar-refractivity contribution in [1.82, 2.24) is 5.32 Å². The van der Waals surface area contributed by atoms with Crippen LogP contribution in [0.1, 0.15) is 81.5 Å². The number of hydrogen-bond acceptors (Lipinski definition) is 2. The van der Waals surface area contributed by atoms with Crippen LogP contribution in [0.3, 0.4) is 0 Å². The Kier molecular flexibility index (Phi) is 12.1. The van der Waals surface area contributed by atoms with Crippen molar-refractivity contribution in [1.29, 1.82) is 0 Å². The minimum atomic E-state index is -0.0556. The molecule has 2 amide bonds. The number of benzene rings is 2. The zero-order chi connectivity index (χ0) is 22.2. The van der Waals surface area contributed by atoms with E-state index in [-0.39, 0.29) is 11.8 Å². The Morgan fingerprint density at radius 3 is 1.90 bits per heavy atom. The summed E-state index contributed by atoms with van der Waals surface area (Å²) in [6, 6.07) is 18.9. The van der Waals surface area contributed by atoms with E-state index in [9.17, 15) is 9.59 Å². The molecule has 2 aromatic carbocycles. The molecule has 0 saturated carbocycles. The van der Waals surface area contributed by atoms with E-state index in [4.69, 9.17) is 0 Å². The van der Waals surface area contributed by atoms with E-state index in [1.54, 1.807) is 4.90 Å². The van der Waals surface area contributed by atoms with Crippen molar-refractivity contribution in [3.8, 4) is 0 Å². The number of carbonyl (C=O) groups is 2. The number of para-hydroxylation sites is 1. The van der Waals surface area contributed by atoms with Gasteiger partial charge in [0.15, 0.2) is 0 Å². The fourth-order valence-electron chi connectivity index (χ4n) is 3.68. The van der Waals surface area contributed by atoms with Gasteiger partial charge in [-0.3, -0.25) is 9.59 Å². The highest BCUT2D eigenvalue weighted by Gasteiger charge is 2.17. The minimum Gasteiger partial charge on any atom is -0.354 e. The van der Waals surface area contributed by atoms with E-state index in [1.807, 2.05) is 60.7 Å². The van der Waals surface area contributed by atoms with Crippen LogP contribution in [0.15, 0.2) is 60.7 Å². The molecule has 31 heavy (non-hydrogen) atoms. The van der Waals surface area contributed by atoms with Gasteiger partial charge in [-0.2, -0.15) is 0 Å². The second-order valence-electron chi connectivity index (χ2n) is 8.09. The van der Waals surface area contributed by atoms with E-state index < -0.39 is 0 Å². The minimum absolute atomic E-state index is 0.0556. The van der Waals surface area contributed by atoms with Crippen LogP contribution in [0.2, 0.25) is 0 Å². The molecule has 0 aliphatic carbocycles. The molecule has 4 nitrogen and oxygen atoms in total. The summed E-state index contributed by atoms with van der Waals surface area (Å²) in [4.78, 5) is 26.9. The lowest BCUT2D eigenvalue weighted by atomic mass is 10.1. The third-order valence-corrected chi connectivity index (χ3v) is 5.50. The van der Waals surface area contributed by atoms with Crippen molar-refractivity contribution < 1.29 is 9.59 Å². The maximum Gasteiger partial charge on any atom is 0.258 e. The molecule has 0 fully saturated rings. The highest BCUT2D eigenvalue weighted by atomic mass is 16.2. The van der Waals surface area contributed by atoms with Gasteiger partial charge in [-0.1, -0.05) is 94.7 Å². The van der Waals surface area contributed by atoms with Crippen molar-refractivity contribution in [2.45, 2.75) is 71.1 Å². The van der Waals surface area contributed by atoms with Crippen molar-refractivity contribution in [3.05, 3.63) is 66.2 Å². The molecule has 1 N–H and O–H groups in total. The topological polar surface area (TPSA) is 49.4 Å². The molecule has 0 aromatic heterocycles. The van der Waals surface area contributed by atoms with Crippen LogP contribution in [-0.4, -0.2) is 24.9 Å². The number of unbranched alkanes of at least 4 members (excludes halogenated alkanes) is 8. The summed E-state index contributed by atoms with van der Waals surface area (Å²) >= 11 is 0. The summed E-state index contributed by atoms with van der Waals surface area (Å²) in [5.74, 6) is 0.0168. The van der Waals surface area contributed by atoms with Gasteiger partial charge in [0, 0.05) is 30.8 Å². The van der Waals surface area contributed by atoms with E-state index in [2.05, 4.69) is 12.2 Å². The van der Waals surface area contributed by atoms with Crippen molar-refractivity contribution in [2.24, 2.45) is 0 Å². The molecule has 0 spiro atoms. The average molecular weight is 423 g/mol. The molecule has 0 aliphatic heterocycles. The molecule has 168 valence electrons. The summed E-state index contributed by atoms with van der Waals surface area (Å²) in [6.45, 7) is 3.14. The summed E-state index contributed by atoms with van der Waals surface area (Å²) in [6.07, 6.45) is 11.8. The van der Waals surface area contributed by atoms with Crippen LogP contribution >= 0.6 is 0 Å². The second-order valence-corrected chi connectivity index (χ2v) is 8.09. The van der Waals surface area contributed by atoms with Crippen LogP contribution in [0.4, 0.5) is 5.69 Å². The molecule has 0 aliphatic rings. The number of anilines is 1. The highest BCUT2D eigenvalue weighted by Crippen LogP contribution is 2.16. The molecule has 0 heterocycles. The largest absolute Gasteiger partial charge is 0.354 e.